The van der Waals surface area contributed by atoms with Gasteiger partial charge in [-0.3, -0.25) is 0 Å². The van der Waals surface area contributed by atoms with Crippen LogP contribution in [0.5, 0.6) is 5.75 Å². The van der Waals surface area contributed by atoms with Crippen molar-refractivity contribution in [3.05, 3.63) is 23.5 Å². The second kappa shape index (κ2) is 17.7. The normalized spacial score (nSPS) is 16.3. The van der Waals surface area contributed by atoms with E-state index in [1.165, 1.54) is 6.20 Å². The maximum Gasteiger partial charge on any atom is 0.155 e. The number of methoxy groups -OCH3 is 1. The van der Waals surface area contributed by atoms with Gasteiger partial charge in [-0.1, -0.05) is 47.5 Å². The fourth-order valence-corrected chi connectivity index (χ4v) is 2.14. The molecule has 0 aromatic carbocycles. The molecule has 0 unspecified atom stereocenters. The van der Waals surface area contributed by atoms with Gasteiger partial charge in [-0.2, -0.15) is 5.26 Å². The monoisotopic (exact) mass is 420 g/mol. The first-order chi connectivity index (χ1) is 14.4. The van der Waals surface area contributed by atoms with Crippen LogP contribution in [0.1, 0.15) is 79.5 Å². The highest BCUT2D eigenvalue weighted by Crippen LogP contribution is 2.27. The van der Waals surface area contributed by atoms with E-state index in [0.717, 1.165) is 0 Å². The molecule has 6 nitrogen and oxygen atoms in total. The molecule has 1 aromatic heterocycles. The van der Waals surface area contributed by atoms with Gasteiger partial charge in [-0.25, -0.2) is 4.98 Å². The topological polar surface area (TPSA) is 84.6 Å². The smallest absolute Gasteiger partial charge is 0.155 e. The number of hydrogen-bond donors (Lipinski definition) is 1. The van der Waals surface area contributed by atoms with Crippen molar-refractivity contribution >= 4 is 0 Å². The van der Waals surface area contributed by atoms with Gasteiger partial charge in [0.25, 0.3) is 0 Å². The van der Waals surface area contributed by atoms with Crippen molar-refractivity contribution < 1.29 is 19.3 Å². The number of nitriles is 1. The first-order valence-corrected chi connectivity index (χ1v) is 10.8. The Morgan fingerprint density at radius 1 is 1.13 bits per heavy atom. The molecule has 1 aliphatic carbocycles. The summed E-state index contributed by atoms with van der Waals surface area (Å²) < 4.78 is 16.2. The SMILES string of the molecule is CC.CC.CC.COCCOC(C)(C)C#Cc1cc(C#N)c(OC2CC(O)C2)cn1. The molecule has 1 N–H and O–H groups in total. The van der Waals surface area contributed by atoms with Gasteiger partial charge < -0.3 is 19.3 Å². The summed E-state index contributed by atoms with van der Waals surface area (Å²) in [6.07, 6.45) is 2.31. The van der Waals surface area contributed by atoms with E-state index < -0.39 is 5.60 Å². The number of ether oxygens (including phenoxy) is 3. The van der Waals surface area contributed by atoms with Gasteiger partial charge in [0, 0.05) is 20.0 Å². The number of pyridine rings is 1. The zero-order chi connectivity index (χ0) is 23.6. The Bertz CT molecular complexity index is 666. The molecule has 0 aliphatic heterocycles. The van der Waals surface area contributed by atoms with Crippen molar-refractivity contribution in [3.63, 3.8) is 0 Å². The lowest BCUT2D eigenvalue weighted by Crippen LogP contribution is -2.37. The van der Waals surface area contributed by atoms with Crippen LogP contribution in [-0.4, -0.2) is 48.2 Å². The van der Waals surface area contributed by atoms with Crippen molar-refractivity contribution in [2.75, 3.05) is 20.3 Å². The van der Waals surface area contributed by atoms with Gasteiger partial charge in [0.15, 0.2) is 5.75 Å². The number of nitrogens with zero attached hydrogens (tertiary/aromatic N) is 2. The third-order valence-electron chi connectivity index (χ3n) is 3.59. The van der Waals surface area contributed by atoms with Gasteiger partial charge in [0.2, 0.25) is 0 Å². The van der Waals surface area contributed by atoms with E-state index in [1.807, 2.05) is 55.4 Å². The van der Waals surface area contributed by atoms with Crippen molar-refractivity contribution in [1.29, 1.82) is 5.26 Å². The molecule has 1 aliphatic rings. The van der Waals surface area contributed by atoms with Crippen LogP contribution in [0.2, 0.25) is 0 Å². The summed E-state index contributed by atoms with van der Waals surface area (Å²) in [6.45, 7) is 16.7. The summed E-state index contributed by atoms with van der Waals surface area (Å²) in [5.74, 6) is 6.36. The Kier molecular flexibility index (Phi) is 17.8. The quantitative estimate of drug-likeness (QED) is 0.529. The Hall–Kier alpha value is -2.12. The molecule has 2 rings (SSSR count). The standard InChI is InChI=1S/C18H22N2O4.3C2H6/c1-18(2,23-7-6-22-3)5-4-14-8-13(11-19)17(12-20-14)24-16-9-15(21)10-16;3*1-2/h8,12,15-16,21H,6-7,9-10H2,1-3H3;3*1-2H3. The Morgan fingerprint density at radius 2 is 1.73 bits per heavy atom. The predicted octanol–water partition coefficient (Wildman–Crippen LogP) is 4.73. The van der Waals surface area contributed by atoms with Crippen LogP contribution in [0.4, 0.5) is 0 Å². The zero-order valence-corrected chi connectivity index (χ0v) is 20.2. The van der Waals surface area contributed by atoms with Gasteiger partial charge in [-0.15, -0.1) is 0 Å². The van der Waals surface area contributed by atoms with Crippen molar-refractivity contribution in [2.24, 2.45) is 0 Å². The van der Waals surface area contributed by atoms with Crippen LogP contribution < -0.4 is 4.74 Å². The van der Waals surface area contributed by atoms with Gasteiger partial charge in [-0.05, 0) is 25.8 Å². The average molecular weight is 421 g/mol. The second-order valence-corrected chi connectivity index (χ2v) is 6.14. The molecule has 1 fully saturated rings. The maximum absolute atomic E-state index is 9.29. The third-order valence-corrected chi connectivity index (χ3v) is 3.59. The fraction of sp³-hybridized carbons (Fsp3) is 0.667. The Balaban J connectivity index is 0. The van der Waals surface area contributed by atoms with Crippen molar-refractivity contribution in [3.8, 4) is 23.7 Å². The van der Waals surface area contributed by atoms with Gasteiger partial charge in [0.1, 0.15) is 23.5 Å². The van der Waals surface area contributed by atoms with E-state index in [2.05, 4.69) is 22.9 Å². The Morgan fingerprint density at radius 3 is 2.23 bits per heavy atom. The molecule has 1 saturated carbocycles. The van der Waals surface area contributed by atoms with Crippen molar-refractivity contribution in [2.45, 2.75) is 86.0 Å². The minimum absolute atomic E-state index is 0.0565. The molecule has 0 radical (unpaired) electrons. The summed E-state index contributed by atoms with van der Waals surface area (Å²) in [5, 5.41) is 18.6. The van der Waals surface area contributed by atoms with Crippen LogP contribution in [0, 0.1) is 23.2 Å². The molecular formula is C24H40N2O4. The largest absolute Gasteiger partial charge is 0.487 e. The average Bonchev–Trinajstić information content (AvgIpc) is 2.76. The molecule has 170 valence electrons. The van der Waals surface area contributed by atoms with Gasteiger partial charge in [0.05, 0.1) is 31.1 Å². The maximum atomic E-state index is 9.29. The van der Waals surface area contributed by atoms with Crippen LogP contribution in [-0.2, 0) is 9.47 Å². The lowest BCUT2D eigenvalue weighted by atomic mass is 9.92. The summed E-state index contributed by atoms with van der Waals surface area (Å²) in [5.41, 5.74) is 0.231. The Labute approximate surface area is 183 Å². The minimum atomic E-state index is -0.635. The number of aliphatic hydroxyl groups excluding tert-OH is 1. The fourth-order valence-electron chi connectivity index (χ4n) is 2.14. The van der Waals surface area contributed by atoms with Crippen LogP contribution in [0.25, 0.3) is 0 Å². The first-order valence-electron chi connectivity index (χ1n) is 10.8. The summed E-state index contributed by atoms with van der Waals surface area (Å²) in [4.78, 5) is 4.22. The molecule has 6 heteroatoms. The number of aromatic nitrogens is 1. The molecule has 0 atom stereocenters. The summed E-state index contributed by atoms with van der Waals surface area (Å²) >= 11 is 0. The van der Waals surface area contributed by atoms with E-state index in [4.69, 9.17) is 14.2 Å². The third kappa shape index (κ3) is 11.8. The number of rotatable bonds is 6. The molecule has 30 heavy (non-hydrogen) atoms. The molecule has 0 bridgehead atoms. The van der Waals surface area contributed by atoms with Crippen LogP contribution in [0.3, 0.4) is 0 Å². The van der Waals surface area contributed by atoms with Crippen molar-refractivity contribution in [1.82, 2.24) is 4.98 Å². The second-order valence-electron chi connectivity index (χ2n) is 6.14. The van der Waals surface area contributed by atoms with E-state index >= 15 is 0 Å². The minimum Gasteiger partial charge on any atom is -0.487 e. The summed E-state index contributed by atoms with van der Waals surface area (Å²) in [6, 6.07) is 3.70. The van der Waals surface area contributed by atoms with E-state index in [1.54, 1.807) is 13.2 Å². The van der Waals surface area contributed by atoms with Crippen LogP contribution in [0.15, 0.2) is 12.3 Å². The first kappa shape index (κ1) is 30.1. The molecular weight excluding hydrogens is 380 g/mol. The molecule has 0 saturated heterocycles. The lowest BCUT2D eigenvalue weighted by Gasteiger charge is -2.31. The summed E-state index contributed by atoms with van der Waals surface area (Å²) in [7, 11) is 1.61. The zero-order valence-electron chi connectivity index (χ0n) is 20.2. The highest BCUT2D eigenvalue weighted by atomic mass is 16.5. The van der Waals surface area contributed by atoms with Gasteiger partial charge >= 0.3 is 0 Å². The number of hydrogen-bond acceptors (Lipinski definition) is 6. The molecule has 0 amide bonds. The van der Waals surface area contributed by atoms with E-state index in [0.29, 0.717) is 43.1 Å². The number of aliphatic hydroxyl groups is 1. The lowest BCUT2D eigenvalue weighted by molar-refractivity contribution is -0.0110. The molecule has 0 spiro atoms. The highest BCUT2D eigenvalue weighted by Gasteiger charge is 2.29. The van der Waals surface area contributed by atoms with Crippen LogP contribution >= 0.6 is 0 Å². The van der Waals surface area contributed by atoms with E-state index in [-0.39, 0.29) is 12.2 Å². The molecule has 1 heterocycles. The van der Waals surface area contributed by atoms with E-state index in [9.17, 15) is 10.4 Å². The highest BCUT2D eigenvalue weighted by molar-refractivity contribution is 5.46. The molecule has 1 aromatic rings. The predicted molar refractivity (Wildman–Crippen MR) is 121 cm³/mol.